The van der Waals surface area contributed by atoms with Crippen LogP contribution in [-0.2, 0) is 4.79 Å². The third-order valence-corrected chi connectivity index (χ3v) is 5.01. The first kappa shape index (κ1) is 15.1. The van der Waals surface area contributed by atoms with Crippen molar-refractivity contribution in [3.8, 4) is 0 Å². The molecule has 2 fully saturated rings. The Hall–Kier alpha value is -0.260. The van der Waals surface area contributed by atoms with Crippen LogP contribution >= 0.6 is 11.8 Å². The first-order chi connectivity index (χ1) is 9.22. The van der Waals surface area contributed by atoms with Crippen molar-refractivity contribution in [2.75, 3.05) is 31.6 Å². The monoisotopic (exact) mass is 285 g/mol. The molecule has 0 aromatic heterocycles. The molecular weight excluding hydrogens is 258 g/mol. The average Bonchev–Trinajstić information content (AvgIpc) is 2.89. The molecule has 1 amide bonds. The molecule has 0 aromatic rings. The van der Waals surface area contributed by atoms with Gasteiger partial charge in [-0.2, -0.15) is 11.8 Å². The summed E-state index contributed by atoms with van der Waals surface area (Å²) in [6, 6.07) is 1.00. The first-order valence-electron chi connectivity index (χ1n) is 7.48. The average molecular weight is 285 g/mol. The summed E-state index contributed by atoms with van der Waals surface area (Å²) < 4.78 is 0. The van der Waals surface area contributed by atoms with Gasteiger partial charge in [0.1, 0.15) is 0 Å². The summed E-state index contributed by atoms with van der Waals surface area (Å²) >= 11 is 1.79. The fourth-order valence-corrected chi connectivity index (χ4v) is 3.86. The van der Waals surface area contributed by atoms with Crippen molar-refractivity contribution in [1.29, 1.82) is 0 Å². The summed E-state index contributed by atoms with van der Waals surface area (Å²) in [6.45, 7) is 5.38. The normalized spacial score (nSPS) is 27.4. The molecule has 5 heteroatoms. The van der Waals surface area contributed by atoms with Gasteiger partial charge in [0.25, 0.3) is 0 Å². The molecule has 4 nitrogen and oxygen atoms in total. The van der Waals surface area contributed by atoms with Crippen molar-refractivity contribution >= 4 is 17.7 Å². The van der Waals surface area contributed by atoms with E-state index >= 15 is 0 Å². The standard InChI is InChI=1S/C14H27N3OS/c1-11(10-19-2)16-14(18)13-4-3-9-17(13)12-5-7-15-8-6-12/h11-13,15H,3-10H2,1-2H3,(H,16,18). The van der Waals surface area contributed by atoms with Crippen LogP contribution in [0.25, 0.3) is 0 Å². The topological polar surface area (TPSA) is 44.4 Å². The van der Waals surface area contributed by atoms with Gasteiger partial charge >= 0.3 is 0 Å². The number of hydrogen-bond donors (Lipinski definition) is 2. The van der Waals surface area contributed by atoms with Crippen molar-refractivity contribution < 1.29 is 4.79 Å². The van der Waals surface area contributed by atoms with E-state index in [9.17, 15) is 4.79 Å². The molecule has 110 valence electrons. The van der Waals surface area contributed by atoms with Gasteiger partial charge in [0, 0.05) is 17.8 Å². The van der Waals surface area contributed by atoms with Crippen molar-refractivity contribution in [3.05, 3.63) is 0 Å². The molecule has 19 heavy (non-hydrogen) atoms. The van der Waals surface area contributed by atoms with Crippen LogP contribution in [0.3, 0.4) is 0 Å². The van der Waals surface area contributed by atoms with E-state index < -0.39 is 0 Å². The minimum absolute atomic E-state index is 0.118. The zero-order chi connectivity index (χ0) is 13.7. The molecule has 2 unspecified atom stereocenters. The molecule has 0 bridgehead atoms. The van der Waals surface area contributed by atoms with Crippen molar-refractivity contribution in [2.45, 2.75) is 50.7 Å². The minimum atomic E-state index is 0.118. The Bertz CT molecular complexity index is 294. The SMILES string of the molecule is CSCC(C)NC(=O)C1CCCN1C1CCNCC1. The van der Waals surface area contributed by atoms with E-state index in [-0.39, 0.29) is 18.0 Å². The van der Waals surface area contributed by atoms with E-state index in [4.69, 9.17) is 0 Å². The summed E-state index contributed by atoms with van der Waals surface area (Å²) in [5, 5.41) is 6.58. The number of carbonyl (C=O) groups excluding carboxylic acids is 1. The van der Waals surface area contributed by atoms with Crippen LogP contribution in [0.15, 0.2) is 0 Å². The third-order valence-electron chi connectivity index (χ3n) is 4.18. The smallest absolute Gasteiger partial charge is 0.237 e. The quantitative estimate of drug-likeness (QED) is 0.793. The largest absolute Gasteiger partial charge is 0.351 e. The van der Waals surface area contributed by atoms with Crippen LogP contribution in [-0.4, -0.2) is 60.6 Å². The Morgan fingerprint density at radius 3 is 2.84 bits per heavy atom. The van der Waals surface area contributed by atoms with E-state index in [2.05, 4.69) is 28.7 Å². The fraction of sp³-hybridized carbons (Fsp3) is 0.929. The summed E-state index contributed by atoms with van der Waals surface area (Å²) in [5.41, 5.74) is 0. The van der Waals surface area contributed by atoms with Gasteiger partial charge in [0.15, 0.2) is 0 Å². The lowest BCUT2D eigenvalue weighted by Crippen LogP contribution is -2.52. The molecule has 2 heterocycles. The molecule has 0 aliphatic carbocycles. The van der Waals surface area contributed by atoms with E-state index in [1.165, 1.54) is 19.3 Å². The highest BCUT2D eigenvalue weighted by Crippen LogP contribution is 2.24. The highest BCUT2D eigenvalue weighted by Gasteiger charge is 2.35. The Labute approximate surface area is 121 Å². The van der Waals surface area contributed by atoms with Crippen LogP contribution in [0.1, 0.15) is 32.6 Å². The molecule has 0 saturated carbocycles. The van der Waals surface area contributed by atoms with E-state index in [0.717, 1.165) is 31.8 Å². The molecule has 0 aromatic carbocycles. The van der Waals surface area contributed by atoms with Crippen molar-refractivity contribution in [2.24, 2.45) is 0 Å². The predicted octanol–water partition coefficient (Wildman–Crippen LogP) is 1.07. The van der Waals surface area contributed by atoms with Gasteiger partial charge in [-0.05, 0) is 58.5 Å². The lowest BCUT2D eigenvalue weighted by molar-refractivity contribution is -0.126. The molecule has 2 N–H and O–H groups in total. The molecule has 2 rings (SSSR count). The van der Waals surface area contributed by atoms with Crippen molar-refractivity contribution in [3.63, 3.8) is 0 Å². The van der Waals surface area contributed by atoms with Crippen LogP contribution in [0.2, 0.25) is 0 Å². The summed E-state index contributed by atoms with van der Waals surface area (Å²) in [4.78, 5) is 14.9. The maximum atomic E-state index is 12.4. The Kier molecular flexibility index (Phi) is 5.98. The fourth-order valence-electron chi connectivity index (χ4n) is 3.28. The summed E-state index contributed by atoms with van der Waals surface area (Å²) in [7, 11) is 0. The number of hydrogen-bond acceptors (Lipinski definition) is 4. The van der Waals surface area contributed by atoms with Crippen LogP contribution in [0.5, 0.6) is 0 Å². The second kappa shape index (κ2) is 7.50. The number of piperidine rings is 1. The zero-order valence-electron chi connectivity index (χ0n) is 12.2. The first-order valence-corrected chi connectivity index (χ1v) is 8.87. The van der Waals surface area contributed by atoms with E-state index in [1.807, 2.05) is 0 Å². The van der Waals surface area contributed by atoms with Gasteiger partial charge in [-0.1, -0.05) is 0 Å². The number of nitrogens with one attached hydrogen (secondary N) is 2. The zero-order valence-corrected chi connectivity index (χ0v) is 13.0. The molecule has 0 spiro atoms. The van der Waals surface area contributed by atoms with Gasteiger partial charge in [0.05, 0.1) is 6.04 Å². The number of amides is 1. The third kappa shape index (κ3) is 4.10. The highest BCUT2D eigenvalue weighted by atomic mass is 32.2. The van der Waals surface area contributed by atoms with Crippen molar-refractivity contribution in [1.82, 2.24) is 15.5 Å². The van der Waals surface area contributed by atoms with Crippen LogP contribution < -0.4 is 10.6 Å². The maximum Gasteiger partial charge on any atom is 0.237 e. The molecule has 2 aliphatic heterocycles. The summed E-state index contributed by atoms with van der Waals surface area (Å²) in [6.07, 6.45) is 6.65. The van der Waals surface area contributed by atoms with Gasteiger partial charge in [-0.25, -0.2) is 0 Å². The number of carbonyl (C=O) groups is 1. The second-order valence-corrected chi connectivity index (χ2v) is 6.65. The Morgan fingerprint density at radius 2 is 2.16 bits per heavy atom. The number of nitrogens with zero attached hydrogens (tertiary/aromatic N) is 1. The summed E-state index contributed by atoms with van der Waals surface area (Å²) in [5.74, 6) is 1.24. The van der Waals surface area contributed by atoms with Gasteiger partial charge in [0.2, 0.25) is 5.91 Å². The number of rotatable bonds is 5. The predicted molar refractivity (Wildman–Crippen MR) is 81.6 cm³/mol. The number of likely N-dealkylation sites (tertiary alicyclic amines) is 1. The number of thioether (sulfide) groups is 1. The van der Waals surface area contributed by atoms with Gasteiger partial charge < -0.3 is 10.6 Å². The lowest BCUT2D eigenvalue weighted by atomic mass is 10.0. The Morgan fingerprint density at radius 1 is 1.42 bits per heavy atom. The molecular formula is C14H27N3OS. The molecule has 2 atom stereocenters. The molecule has 2 aliphatic rings. The van der Waals surface area contributed by atoms with Gasteiger partial charge in [-0.15, -0.1) is 0 Å². The molecule has 0 radical (unpaired) electrons. The van der Waals surface area contributed by atoms with Crippen LogP contribution in [0.4, 0.5) is 0 Å². The second-order valence-electron chi connectivity index (χ2n) is 5.74. The van der Waals surface area contributed by atoms with E-state index in [0.29, 0.717) is 6.04 Å². The maximum absolute atomic E-state index is 12.4. The van der Waals surface area contributed by atoms with Gasteiger partial charge in [-0.3, -0.25) is 9.69 Å². The highest BCUT2D eigenvalue weighted by molar-refractivity contribution is 7.98. The minimum Gasteiger partial charge on any atom is -0.351 e. The van der Waals surface area contributed by atoms with E-state index in [1.54, 1.807) is 11.8 Å². The van der Waals surface area contributed by atoms with Crippen LogP contribution in [0, 0.1) is 0 Å². The Balaban J connectivity index is 1.88. The lowest BCUT2D eigenvalue weighted by Gasteiger charge is -2.35. The molecule has 2 saturated heterocycles.